The normalized spacial score (nSPS) is 20.0. The van der Waals surface area contributed by atoms with E-state index in [1.54, 1.807) is 0 Å². The zero-order valence-electron chi connectivity index (χ0n) is 17.7. The van der Waals surface area contributed by atoms with Gasteiger partial charge in [-0.1, -0.05) is 6.42 Å². The predicted octanol–water partition coefficient (Wildman–Crippen LogP) is -1.80. The summed E-state index contributed by atoms with van der Waals surface area (Å²) in [5.41, 5.74) is 15.0. The van der Waals surface area contributed by atoms with Gasteiger partial charge in [0, 0.05) is 0 Å². The first-order valence-electron chi connectivity index (χ1n) is 10.1. The molecule has 0 aromatic rings. The van der Waals surface area contributed by atoms with Crippen LogP contribution in [0.1, 0.15) is 44.9 Å². The van der Waals surface area contributed by atoms with E-state index in [0.29, 0.717) is 13.0 Å². The topological polar surface area (TPSA) is 251 Å². The molecule has 2 heterocycles. The zero-order chi connectivity index (χ0) is 24.2. The molecule has 13 heteroatoms. The Bertz CT molecular complexity index is 497. The molecule has 0 aromatic carbocycles. The third kappa shape index (κ3) is 19.4. The van der Waals surface area contributed by atoms with Gasteiger partial charge in [-0.2, -0.15) is 0 Å². The van der Waals surface area contributed by atoms with Gasteiger partial charge in [0.1, 0.15) is 18.1 Å². The van der Waals surface area contributed by atoms with Crippen LogP contribution in [-0.2, 0) is 19.2 Å². The lowest BCUT2D eigenvalue weighted by Crippen LogP contribution is -2.29. The largest absolute Gasteiger partial charge is 0.480 e. The fourth-order valence-electron chi connectivity index (χ4n) is 2.42. The zero-order valence-corrected chi connectivity index (χ0v) is 17.7. The number of carboxylic acids is 4. The third-order valence-corrected chi connectivity index (χ3v) is 4.18. The molecule has 0 spiro atoms. The number of nitrogens with two attached hydrogens (primary N) is 3. The second-order valence-electron chi connectivity index (χ2n) is 6.80. The Morgan fingerprint density at radius 1 is 0.839 bits per heavy atom. The van der Waals surface area contributed by atoms with Gasteiger partial charge in [0.2, 0.25) is 0 Å². The molecule has 0 aliphatic carbocycles. The van der Waals surface area contributed by atoms with Crippen molar-refractivity contribution in [2.45, 2.75) is 63.1 Å². The standard InChI is InChI=1S/C6H14N2O2.2C5H9NO2.C2H5NO2/c7-4-2-1-3-5(8)6(9)10;2*7-5(8)4-2-1-3-6-4;3-1-2(4)5/h5H,1-4,7-8H2,(H,9,10);2*4,6H,1-3H2,(H,7,8);1,3H2,(H,4,5)/t5-;2*4-;/m000./s1. The molecule has 0 radical (unpaired) electrons. The molecule has 0 unspecified atom stereocenters. The van der Waals surface area contributed by atoms with Crippen LogP contribution in [0.2, 0.25) is 0 Å². The molecule has 12 N–H and O–H groups in total. The minimum Gasteiger partial charge on any atom is -0.480 e. The Kier molecular flexibility index (Phi) is 19.5. The van der Waals surface area contributed by atoms with Gasteiger partial charge in [0.15, 0.2) is 0 Å². The molecule has 2 aliphatic rings. The molecule has 0 aromatic heterocycles. The van der Waals surface area contributed by atoms with Crippen molar-refractivity contribution in [2.24, 2.45) is 17.2 Å². The molecule has 2 saturated heterocycles. The summed E-state index contributed by atoms with van der Waals surface area (Å²) < 4.78 is 0. The number of rotatable bonds is 8. The fourth-order valence-corrected chi connectivity index (χ4v) is 2.42. The minimum absolute atomic E-state index is 0.269. The summed E-state index contributed by atoms with van der Waals surface area (Å²) in [6, 6.07) is -1.25. The Labute approximate surface area is 181 Å². The summed E-state index contributed by atoms with van der Waals surface area (Å²) in [6.45, 7) is 2.04. The number of carbonyl (C=O) groups is 4. The number of nitrogens with one attached hydrogen (secondary N) is 2. The molecule has 182 valence electrons. The average molecular weight is 452 g/mol. The number of hydrogen-bond donors (Lipinski definition) is 9. The first kappa shape index (κ1) is 30.9. The highest BCUT2D eigenvalue weighted by Crippen LogP contribution is 2.04. The van der Waals surface area contributed by atoms with Gasteiger partial charge in [-0.25, -0.2) is 0 Å². The summed E-state index contributed by atoms with van der Waals surface area (Å²) in [5.74, 6) is -3.34. The number of unbranched alkanes of at least 4 members (excludes halogenated alkanes) is 1. The summed E-state index contributed by atoms with van der Waals surface area (Å²) >= 11 is 0. The van der Waals surface area contributed by atoms with Crippen LogP contribution < -0.4 is 27.8 Å². The van der Waals surface area contributed by atoms with Gasteiger partial charge in [-0.05, 0) is 58.2 Å². The van der Waals surface area contributed by atoms with E-state index in [0.717, 1.165) is 51.6 Å². The smallest absolute Gasteiger partial charge is 0.320 e. The van der Waals surface area contributed by atoms with Gasteiger partial charge >= 0.3 is 23.9 Å². The van der Waals surface area contributed by atoms with E-state index >= 15 is 0 Å². The number of hydrogen-bond acceptors (Lipinski definition) is 9. The maximum absolute atomic E-state index is 10.1. The molecule has 0 bridgehead atoms. The van der Waals surface area contributed by atoms with Gasteiger partial charge in [0.25, 0.3) is 0 Å². The minimum atomic E-state index is -0.968. The molecule has 2 fully saturated rings. The van der Waals surface area contributed by atoms with Crippen molar-refractivity contribution in [2.75, 3.05) is 26.2 Å². The Morgan fingerprint density at radius 2 is 1.26 bits per heavy atom. The van der Waals surface area contributed by atoms with Crippen LogP contribution in [0.4, 0.5) is 0 Å². The van der Waals surface area contributed by atoms with E-state index in [4.69, 9.17) is 31.9 Å². The van der Waals surface area contributed by atoms with Crippen LogP contribution >= 0.6 is 0 Å². The van der Waals surface area contributed by atoms with Crippen molar-refractivity contribution >= 4 is 23.9 Å². The first-order chi connectivity index (χ1) is 14.6. The second-order valence-corrected chi connectivity index (χ2v) is 6.80. The summed E-state index contributed by atoms with van der Waals surface area (Å²) in [6.07, 6.45) is 5.73. The van der Waals surface area contributed by atoms with Crippen molar-refractivity contribution in [3.63, 3.8) is 0 Å². The van der Waals surface area contributed by atoms with E-state index in [2.05, 4.69) is 16.4 Å². The molecular weight excluding hydrogens is 414 g/mol. The summed E-state index contributed by atoms with van der Waals surface area (Å²) in [4.78, 5) is 39.7. The van der Waals surface area contributed by atoms with Gasteiger partial charge in [-0.3, -0.25) is 19.2 Å². The lowest BCUT2D eigenvalue weighted by Gasteiger charge is -2.03. The average Bonchev–Trinajstić information content (AvgIpc) is 3.43. The third-order valence-electron chi connectivity index (χ3n) is 4.18. The lowest BCUT2D eigenvalue weighted by molar-refractivity contribution is -0.140. The predicted molar refractivity (Wildman–Crippen MR) is 113 cm³/mol. The van der Waals surface area contributed by atoms with Crippen LogP contribution in [0.25, 0.3) is 0 Å². The highest BCUT2D eigenvalue weighted by Gasteiger charge is 2.20. The highest BCUT2D eigenvalue weighted by atomic mass is 16.4. The molecule has 31 heavy (non-hydrogen) atoms. The van der Waals surface area contributed by atoms with Crippen molar-refractivity contribution in [3.8, 4) is 0 Å². The van der Waals surface area contributed by atoms with E-state index in [-0.39, 0.29) is 18.6 Å². The fraction of sp³-hybridized carbons (Fsp3) is 0.778. The van der Waals surface area contributed by atoms with E-state index in [9.17, 15) is 19.2 Å². The van der Waals surface area contributed by atoms with E-state index in [1.165, 1.54) is 0 Å². The molecule has 2 aliphatic heterocycles. The SMILES string of the molecule is NCC(=O)O.NCCCC[C@H](N)C(=O)O.O=C(O)[C@@H]1CCCN1.O=C(O)[C@@H]1CCCN1. The van der Waals surface area contributed by atoms with E-state index < -0.39 is 29.9 Å². The Balaban J connectivity index is 0. The second kappa shape index (κ2) is 19.6. The maximum atomic E-state index is 10.1. The van der Waals surface area contributed by atoms with Crippen LogP contribution in [0.5, 0.6) is 0 Å². The quantitative estimate of drug-likeness (QED) is 0.185. The van der Waals surface area contributed by atoms with Crippen LogP contribution in [0, 0.1) is 0 Å². The molecule has 13 nitrogen and oxygen atoms in total. The Hall–Kier alpha value is -2.32. The van der Waals surface area contributed by atoms with Gasteiger partial charge in [0.05, 0.1) is 6.54 Å². The van der Waals surface area contributed by atoms with Crippen LogP contribution in [0.15, 0.2) is 0 Å². The van der Waals surface area contributed by atoms with Crippen molar-refractivity contribution in [1.82, 2.24) is 10.6 Å². The summed E-state index contributed by atoms with van der Waals surface area (Å²) in [7, 11) is 0. The Morgan fingerprint density at radius 3 is 1.45 bits per heavy atom. The molecule has 0 amide bonds. The van der Waals surface area contributed by atoms with Crippen molar-refractivity contribution in [3.05, 3.63) is 0 Å². The molecule has 2 rings (SSSR count). The highest BCUT2D eigenvalue weighted by molar-refractivity contribution is 5.74. The first-order valence-corrected chi connectivity index (χ1v) is 10.1. The monoisotopic (exact) mass is 451 g/mol. The summed E-state index contributed by atoms with van der Waals surface area (Å²) in [5, 5.41) is 38.3. The maximum Gasteiger partial charge on any atom is 0.320 e. The van der Waals surface area contributed by atoms with E-state index in [1.807, 2.05) is 0 Å². The van der Waals surface area contributed by atoms with Crippen LogP contribution in [-0.4, -0.2) is 88.6 Å². The lowest BCUT2D eigenvalue weighted by atomic mass is 10.1. The molecule has 3 atom stereocenters. The molecule has 0 saturated carbocycles. The van der Waals surface area contributed by atoms with Gasteiger partial charge in [-0.15, -0.1) is 0 Å². The van der Waals surface area contributed by atoms with Crippen LogP contribution in [0.3, 0.4) is 0 Å². The number of carboxylic acid groups (broad SMARTS) is 4. The number of aliphatic carboxylic acids is 4. The van der Waals surface area contributed by atoms with Gasteiger partial charge < -0.3 is 48.3 Å². The molecular formula is C18H37N5O8. The van der Waals surface area contributed by atoms with Crippen molar-refractivity contribution < 1.29 is 39.6 Å². The van der Waals surface area contributed by atoms with Crippen molar-refractivity contribution in [1.29, 1.82) is 0 Å².